The van der Waals surface area contributed by atoms with Gasteiger partial charge in [0.1, 0.15) is 0 Å². The third-order valence-corrected chi connectivity index (χ3v) is 3.52. The van der Waals surface area contributed by atoms with Crippen LogP contribution in [-0.2, 0) is 12.8 Å². The predicted octanol–water partition coefficient (Wildman–Crippen LogP) is 4.57. The highest BCUT2D eigenvalue weighted by molar-refractivity contribution is 5.91. The van der Waals surface area contributed by atoms with E-state index in [1.54, 1.807) is 0 Å². The summed E-state index contributed by atoms with van der Waals surface area (Å²) in [5, 5.41) is 4.56. The van der Waals surface area contributed by atoms with Crippen LogP contribution in [-0.4, -0.2) is 12.0 Å². The van der Waals surface area contributed by atoms with E-state index in [1.165, 1.54) is 35.2 Å². The molecule has 2 heteroatoms. The molecule has 19 heavy (non-hydrogen) atoms. The summed E-state index contributed by atoms with van der Waals surface area (Å²) in [7, 11) is 1.99. The monoisotopic (exact) mass is 256 g/mol. The van der Waals surface area contributed by atoms with E-state index in [0.717, 1.165) is 24.8 Å². The van der Waals surface area contributed by atoms with Gasteiger partial charge >= 0.3 is 0 Å². The number of rotatable bonds is 6. The Labute approximate surface area is 116 Å². The smallest absolute Gasteiger partial charge is 0.0726 e. The van der Waals surface area contributed by atoms with Gasteiger partial charge in [-0.05, 0) is 43.0 Å². The minimum atomic E-state index is 1.04. The summed E-state index contributed by atoms with van der Waals surface area (Å²) in [6.45, 7) is 4.43. The Balaban J connectivity index is 2.43. The fraction of sp³-hybridized carbons (Fsp3) is 0.471. The van der Waals surface area contributed by atoms with Crippen molar-refractivity contribution in [2.45, 2.75) is 46.0 Å². The number of aromatic nitrogens is 1. The van der Waals surface area contributed by atoms with E-state index in [-0.39, 0.29) is 0 Å². The van der Waals surface area contributed by atoms with Crippen LogP contribution in [0.15, 0.2) is 24.3 Å². The molecule has 0 amide bonds. The van der Waals surface area contributed by atoms with Gasteiger partial charge in [0.25, 0.3) is 0 Å². The number of nitrogens with zero attached hydrogens (tertiary/aromatic N) is 1. The molecule has 0 radical (unpaired) electrons. The maximum Gasteiger partial charge on any atom is 0.0726 e. The molecule has 2 nitrogen and oxygen atoms in total. The molecule has 1 heterocycles. The van der Waals surface area contributed by atoms with Crippen molar-refractivity contribution in [3.05, 3.63) is 35.5 Å². The third kappa shape index (κ3) is 3.25. The molecule has 0 saturated heterocycles. The Bertz CT molecular complexity index is 546. The van der Waals surface area contributed by atoms with E-state index in [1.807, 2.05) is 7.05 Å². The van der Waals surface area contributed by atoms with Crippen LogP contribution in [0.1, 0.15) is 44.4 Å². The summed E-state index contributed by atoms with van der Waals surface area (Å²) in [4.78, 5) is 4.75. The maximum atomic E-state index is 4.75. The minimum Gasteiger partial charge on any atom is -0.388 e. The zero-order valence-corrected chi connectivity index (χ0v) is 12.3. The Morgan fingerprint density at radius 2 is 1.89 bits per heavy atom. The van der Waals surface area contributed by atoms with E-state index in [2.05, 4.69) is 43.4 Å². The van der Waals surface area contributed by atoms with E-state index in [4.69, 9.17) is 4.98 Å². The van der Waals surface area contributed by atoms with E-state index in [9.17, 15) is 0 Å². The lowest BCUT2D eigenvalue weighted by Gasteiger charge is -2.10. The molecule has 2 rings (SSSR count). The quantitative estimate of drug-likeness (QED) is 0.818. The molecule has 1 aromatic carbocycles. The second-order valence-electron chi connectivity index (χ2n) is 5.12. The predicted molar refractivity (Wildman–Crippen MR) is 83.9 cm³/mol. The Hall–Kier alpha value is -1.57. The van der Waals surface area contributed by atoms with Crippen molar-refractivity contribution in [1.82, 2.24) is 4.98 Å². The summed E-state index contributed by atoms with van der Waals surface area (Å²) in [6, 6.07) is 8.87. The van der Waals surface area contributed by atoms with Crippen LogP contribution >= 0.6 is 0 Å². The lowest BCUT2D eigenvalue weighted by Crippen LogP contribution is -1.97. The number of nitrogens with one attached hydrogen (secondary N) is 1. The molecule has 0 fully saturated rings. The van der Waals surface area contributed by atoms with Crippen molar-refractivity contribution < 1.29 is 0 Å². The molecule has 0 spiro atoms. The van der Waals surface area contributed by atoms with Crippen molar-refractivity contribution in [2.24, 2.45) is 0 Å². The van der Waals surface area contributed by atoms with Crippen molar-refractivity contribution in [2.75, 3.05) is 12.4 Å². The van der Waals surface area contributed by atoms with Gasteiger partial charge in [-0.2, -0.15) is 0 Å². The van der Waals surface area contributed by atoms with Gasteiger partial charge in [-0.3, -0.25) is 4.98 Å². The number of hydrogen-bond donors (Lipinski definition) is 1. The average molecular weight is 256 g/mol. The summed E-state index contributed by atoms with van der Waals surface area (Å²) in [6.07, 6.45) is 5.83. The largest absolute Gasteiger partial charge is 0.388 e. The standard InChI is InChI=1S/C17H24N2/c1-4-6-8-13-9-10-16-15(11-13)17(18-3)12-14(19-16)7-5-2/h9-12H,4-8H2,1-3H3,(H,18,19). The Morgan fingerprint density at radius 1 is 1.05 bits per heavy atom. The van der Waals surface area contributed by atoms with Crippen LogP contribution in [0.2, 0.25) is 0 Å². The lowest BCUT2D eigenvalue weighted by molar-refractivity contribution is 0.796. The molecule has 2 aromatic rings. The first kappa shape index (κ1) is 13.9. The number of fused-ring (bicyclic) bond motifs is 1. The third-order valence-electron chi connectivity index (χ3n) is 3.52. The zero-order valence-electron chi connectivity index (χ0n) is 12.3. The van der Waals surface area contributed by atoms with Crippen LogP contribution in [0.5, 0.6) is 0 Å². The van der Waals surface area contributed by atoms with E-state index < -0.39 is 0 Å². The number of hydrogen-bond acceptors (Lipinski definition) is 2. The SMILES string of the molecule is CCCCc1ccc2nc(CCC)cc(NC)c2c1. The Morgan fingerprint density at radius 3 is 2.58 bits per heavy atom. The summed E-state index contributed by atoms with van der Waals surface area (Å²) in [5.74, 6) is 0. The molecule has 0 aliphatic rings. The maximum absolute atomic E-state index is 4.75. The molecule has 0 aliphatic carbocycles. The first-order valence-corrected chi connectivity index (χ1v) is 7.38. The van der Waals surface area contributed by atoms with Gasteiger partial charge in [-0.1, -0.05) is 32.8 Å². The average Bonchev–Trinajstić information content (AvgIpc) is 2.44. The molecule has 0 saturated carbocycles. The van der Waals surface area contributed by atoms with Gasteiger partial charge in [0.05, 0.1) is 5.52 Å². The topological polar surface area (TPSA) is 24.9 Å². The minimum absolute atomic E-state index is 1.04. The van der Waals surface area contributed by atoms with Crippen LogP contribution in [0.4, 0.5) is 5.69 Å². The number of aryl methyl sites for hydroxylation is 2. The normalized spacial score (nSPS) is 10.9. The highest BCUT2D eigenvalue weighted by Gasteiger charge is 2.05. The van der Waals surface area contributed by atoms with Gasteiger partial charge in [0, 0.05) is 23.8 Å². The van der Waals surface area contributed by atoms with E-state index >= 15 is 0 Å². The molecule has 0 aliphatic heterocycles. The number of benzene rings is 1. The highest BCUT2D eigenvalue weighted by Crippen LogP contribution is 2.25. The molecule has 1 aromatic heterocycles. The van der Waals surface area contributed by atoms with Crippen molar-refractivity contribution in [1.29, 1.82) is 0 Å². The van der Waals surface area contributed by atoms with Crippen LogP contribution in [0, 0.1) is 0 Å². The number of anilines is 1. The molecule has 0 bridgehead atoms. The van der Waals surface area contributed by atoms with Crippen molar-refractivity contribution in [3.8, 4) is 0 Å². The van der Waals surface area contributed by atoms with Gasteiger partial charge in [0.2, 0.25) is 0 Å². The van der Waals surface area contributed by atoms with Crippen molar-refractivity contribution in [3.63, 3.8) is 0 Å². The van der Waals surface area contributed by atoms with Crippen LogP contribution in [0.3, 0.4) is 0 Å². The fourth-order valence-corrected chi connectivity index (χ4v) is 2.46. The molecule has 0 atom stereocenters. The summed E-state index contributed by atoms with van der Waals surface area (Å²) in [5.41, 5.74) is 4.90. The molecule has 1 N–H and O–H groups in total. The summed E-state index contributed by atoms with van der Waals surface area (Å²) >= 11 is 0. The highest BCUT2D eigenvalue weighted by atomic mass is 14.8. The fourth-order valence-electron chi connectivity index (χ4n) is 2.46. The van der Waals surface area contributed by atoms with Gasteiger partial charge in [-0.15, -0.1) is 0 Å². The second-order valence-corrected chi connectivity index (χ2v) is 5.12. The first-order valence-electron chi connectivity index (χ1n) is 7.38. The first-order chi connectivity index (χ1) is 9.28. The Kier molecular flexibility index (Phi) is 4.78. The summed E-state index contributed by atoms with van der Waals surface area (Å²) < 4.78 is 0. The second kappa shape index (κ2) is 6.55. The molecular weight excluding hydrogens is 232 g/mol. The van der Waals surface area contributed by atoms with Crippen LogP contribution in [0.25, 0.3) is 10.9 Å². The zero-order chi connectivity index (χ0) is 13.7. The molecular formula is C17H24N2. The lowest BCUT2D eigenvalue weighted by atomic mass is 10.0. The van der Waals surface area contributed by atoms with Crippen LogP contribution < -0.4 is 5.32 Å². The van der Waals surface area contributed by atoms with E-state index in [0.29, 0.717) is 0 Å². The number of pyridine rings is 1. The molecule has 102 valence electrons. The van der Waals surface area contributed by atoms with Gasteiger partial charge in [0.15, 0.2) is 0 Å². The number of unbranched alkanes of at least 4 members (excludes halogenated alkanes) is 1. The van der Waals surface area contributed by atoms with Gasteiger partial charge < -0.3 is 5.32 Å². The van der Waals surface area contributed by atoms with Crippen molar-refractivity contribution >= 4 is 16.6 Å². The molecule has 0 unspecified atom stereocenters. The van der Waals surface area contributed by atoms with Gasteiger partial charge in [-0.25, -0.2) is 0 Å².